The number of hydrogen-bond acceptors (Lipinski definition) is 2. The molecule has 0 saturated heterocycles. The van der Waals surface area contributed by atoms with Crippen molar-refractivity contribution in [2.45, 2.75) is 28.4 Å². The van der Waals surface area contributed by atoms with Gasteiger partial charge in [0, 0.05) is 4.90 Å². The molecule has 0 atom stereocenters. The lowest BCUT2D eigenvalue weighted by atomic mass is 10.1. The molecule has 13 heteroatoms. The molecule has 0 aliphatic carbocycles. The summed E-state index contributed by atoms with van der Waals surface area (Å²) in [5.74, 6) is -16.0. The van der Waals surface area contributed by atoms with Gasteiger partial charge in [-0.2, -0.15) is 43.9 Å². The Hall–Kier alpha value is -1.66. The zero-order valence-electron chi connectivity index (χ0n) is 10.9. The summed E-state index contributed by atoms with van der Waals surface area (Å²) in [4.78, 5) is 10.2. The van der Waals surface area contributed by atoms with E-state index in [1.165, 1.54) is 0 Å². The highest BCUT2D eigenvalue weighted by atomic mass is 32.2. The highest BCUT2D eigenvalue weighted by molar-refractivity contribution is 8.00. The lowest BCUT2D eigenvalue weighted by Gasteiger charge is -2.27. The maximum atomic E-state index is 13.1. The Bertz CT molecular complexity index is 610. The van der Waals surface area contributed by atoms with Gasteiger partial charge >= 0.3 is 29.4 Å². The predicted octanol–water partition coefficient (Wildman–Crippen LogP) is 5.07. The third-order valence-electron chi connectivity index (χ3n) is 2.40. The molecule has 1 rings (SSSR count). The van der Waals surface area contributed by atoms with Crippen LogP contribution < -0.4 is 5.32 Å². The first kappa shape index (κ1) is 20.4. The number of rotatable bonds is 4. The van der Waals surface area contributed by atoms with Crippen LogP contribution in [0.15, 0.2) is 29.2 Å². The second-order valence-corrected chi connectivity index (χ2v) is 5.25. The molecule has 2 nitrogen and oxygen atoms in total. The number of carbonyl (C=O) groups is 1. The minimum Gasteiger partial charge on any atom is -0.320 e. The maximum Gasteiger partial charge on any atom is 0.460 e. The topological polar surface area (TPSA) is 29.1 Å². The maximum absolute atomic E-state index is 13.1. The number of amides is 1. The second kappa shape index (κ2) is 6.33. The van der Waals surface area contributed by atoms with Crippen LogP contribution in [0.5, 0.6) is 0 Å². The van der Waals surface area contributed by atoms with E-state index in [4.69, 9.17) is 0 Å². The highest BCUT2D eigenvalue weighted by Gasteiger charge is 2.76. The van der Waals surface area contributed by atoms with Crippen LogP contribution in [0, 0.1) is 0 Å². The summed E-state index contributed by atoms with van der Waals surface area (Å²) in [5.41, 5.74) is -5.92. The Morgan fingerprint density at radius 3 is 1.83 bits per heavy atom. The first-order valence-corrected chi connectivity index (χ1v) is 6.40. The highest BCUT2D eigenvalue weighted by Crippen LogP contribution is 2.47. The first-order valence-electron chi connectivity index (χ1n) is 5.58. The molecule has 1 N–H and O–H groups in total. The number of anilines is 1. The van der Waals surface area contributed by atoms with E-state index in [1.54, 1.807) is 0 Å². The van der Waals surface area contributed by atoms with Gasteiger partial charge in [-0.15, -0.1) is 0 Å². The summed E-state index contributed by atoms with van der Waals surface area (Å²) in [7, 11) is 0. The Labute approximate surface area is 131 Å². The van der Waals surface area contributed by atoms with E-state index >= 15 is 0 Å². The largest absolute Gasteiger partial charge is 0.460 e. The molecule has 0 spiro atoms. The van der Waals surface area contributed by atoms with Gasteiger partial charge < -0.3 is 5.32 Å². The summed E-state index contributed by atoms with van der Waals surface area (Å²) in [6.07, 6.45) is -6.74. The Balaban J connectivity index is 3.12. The smallest absolute Gasteiger partial charge is 0.320 e. The fourth-order valence-electron chi connectivity index (χ4n) is 1.30. The zero-order chi connectivity index (χ0) is 19.0. The van der Waals surface area contributed by atoms with Crippen LogP contribution in [0.1, 0.15) is 0 Å². The molecule has 0 aromatic heterocycles. The Morgan fingerprint density at radius 1 is 0.875 bits per heavy atom. The van der Waals surface area contributed by atoms with Crippen molar-refractivity contribution in [3.05, 3.63) is 24.3 Å². The molecule has 0 aliphatic rings. The summed E-state index contributed by atoms with van der Waals surface area (Å²) in [5, 5.41) is 0.962. The van der Waals surface area contributed by atoms with Crippen LogP contribution in [-0.2, 0) is 4.79 Å². The van der Waals surface area contributed by atoms with E-state index in [1.807, 2.05) is 0 Å². The number of hydrogen-bond donors (Lipinski definition) is 1. The molecule has 1 amide bonds. The molecule has 0 heterocycles. The number of nitrogens with one attached hydrogen (secondary N) is 1. The minimum atomic E-state index is -6.74. The van der Waals surface area contributed by atoms with E-state index in [0.717, 1.165) is 17.4 Å². The number of benzene rings is 1. The van der Waals surface area contributed by atoms with Crippen LogP contribution in [-0.4, -0.2) is 29.4 Å². The third-order valence-corrected chi connectivity index (χ3v) is 3.20. The molecule has 0 bridgehead atoms. The third kappa shape index (κ3) is 4.24. The molecule has 0 aliphatic heterocycles. The van der Waals surface area contributed by atoms with Crippen molar-refractivity contribution in [2.24, 2.45) is 0 Å². The van der Waals surface area contributed by atoms with Crippen molar-refractivity contribution in [1.82, 2.24) is 0 Å². The standard InChI is InChI=1S/C11H5F10NOS/c12-8(13,9(14,15)10(16,17)18)7(23)22-5-3-1-2-4-6(5)24-11(19,20)21/h1-4H,(H,22,23). The molecule has 0 radical (unpaired) electrons. The van der Waals surface area contributed by atoms with Crippen molar-refractivity contribution in [1.29, 1.82) is 0 Å². The van der Waals surface area contributed by atoms with E-state index in [9.17, 15) is 48.7 Å². The fraction of sp³-hybridized carbons (Fsp3) is 0.364. The van der Waals surface area contributed by atoms with Crippen molar-refractivity contribution >= 4 is 23.4 Å². The summed E-state index contributed by atoms with van der Waals surface area (Å²) < 4.78 is 124. The van der Waals surface area contributed by atoms with Crippen molar-refractivity contribution in [2.75, 3.05) is 5.32 Å². The average Bonchev–Trinajstić information content (AvgIpc) is 2.37. The van der Waals surface area contributed by atoms with Gasteiger partial charge in [-0.3, -0.25) is 4.79 Å². The molecule has 0 fully saturated rings. The van der Waals surface area contributed by atoms with E-state index in [2.05, 4.69) is 0 Å². The van der Waals surface area contributed by atoms with Gasteiger partial charge in [0.15, 0.2) is 0 Å². The van der Waals surface area contributed by atoms with Crippen LogP contribution in [0.3, 0.4) is 0 Å². The second-order valence-electron chi connectivity index (χ2n) is 4.14. The van der Waals surface area contributed by atoms with Crippen LogP contribution >= 0.6 is 11.8 Å². The number of thioether (sulfide) groups is 1. The lowest BCUT2D eigenvalue weighted by molar-refractivity contribution is -0.343. The number of halogens is 10. The molecule has 1 aromatic rings. The van der Waals surface area contributed by atoms with Crippen LogP contribution in [0.2, 0.25) is 0 Å². The fourth-order valence-corrected chi connectivity index (χ4v) is 1.93. The van der Waals surface area contributed by atoms with Gasteiger partial charge in [0.25, 0.3) is 0 Å². The van der Waals surface area contributed by atoms with E-state index in [-0.39, 0.29) is 0 Å². The Kier molecular flexibility index (Phi) is 5.38. The van der Waals surface area contributed by atoms with Crippen molar-refractivity contribution in [3.8, 4) is 0 Å². The summed E-state index contributed by atoms with van der Waals surface area (Å²) in [6.45, 7) is 0. The SMILES string of the molecule is O=C(Nc1ccccc1SC(F)(F)F)C(F)(F)C(F)(F)C(F)(F)F. The molecule has 24 heavy (non-hydrogen) atoms. The first-order chi connectivity index (χ1) is 10.6. The Morgan fingerprint density at radius 2 is 1.38 bits per heavy atom. The van der Waals surface area contributed by atoms with Gasteiger partial charge in [0.1, 0.15) is 0 Å². The molecule has 0 saturated carbocycles. The summed E-state index contributed by atoms with van der Waals surface area (Å²) >= 11 is -0.876. The monoisotopic (exact) mass is 389 g/mol. The molecular weight excluding hydrogens is 384 g/mol. The molecule has 0 unspecified atom stereocenters. The predicted molar refractivity (Wildman–Crippen MR) is 62.9 cm³/mol. The number of carbonyl (C=O) groups excluding carboxylic acids is 1. The van der Waals surface area contributed by atoms with Crippen molar-refractivity contribution in [3.63, 3.8) is 0 Å². The van der Waals surface area contributed by atoms with Gasteiger partial charge in [0.2, 0.25) is 0 Å². The average molecular weight is 389 g/mol. The van der Waals surface area contributed by atoms with Gasteiger partial charge in [-0.1, -0.05) is 12.1 Å². The van der Waals surface area contributed by atoms with E-state index in [0.29, 0.717) is 12.1 Å². The quantitative estimate of drug-likeness (QED) is 0.576. The van der Waals surface area contributed by atoms with Gasteiger partial charge in [-0.25, -0.2) is 0 Å². The van der Waals surface area contributed by atoms with Crippen LogP contribution in [0.4, 0.5) is 49.6 Å². The summed E-state index contributed by atoms with van der Waals surface area (Å²) in [6, 6.07) is 3.30. The zero-order valence-corrected chi connectivity index (χ0v) is 11.7. The number of alkyl halides is 10. The van der Waals surface area contributed by atoms with Gasteiger partial charge in [-0.05, 0) is 23.9 Å². The van der Waals surface area contributed by atoms with Crippen LogP contribution in [0.25, 0.3) is 0 Å². The lowest BCUT2D eigenvalue weighted by Crippen LogP contribution is -2.57. The van der Waals surface area contributed by atoms with Gasteiger partial charge in [0.05, 0.1) is 5.69 Å². The number of para-hydroxylation sites is 1. The molecular formula is C11H5F10NOS. The molecule has 1 aromatic carbocycles. The van der Waals surface area contributed by atoms with E-state index < -0.39 is 51.8 Å². The van der Waals surface area contributed by atoms with Crippen molar-refractivity contribution < 1.29 is 48.7 Å². The molecule has 136 valence electrons. The normalized spacial score (nSPS) is 13.8. The minimum absolute atomic E-state index is 0.633.